The van der Waals surface area contributed by atoms with Crippen LogP contribution in [-0.4, -0.2) is 24.3 Å². The summed E-state index contributed by atoms with van der Waals surface area (Å²) >= 11 is 5.52. The fraction of sp³-hybridized carbons (Fsp3) is 0.533. The van der Waals surface area contributed by atoms with Crippen molar-refractivity contribution < 1.29 is 18.7 Å². The van der Waals surface area contributed by atoms with E-state index in [4.69, 9.17) is 16.7 Å². The summed E-state index contributed by atoms with van der Waals surface area (Å²) in [6.45, 7) is 4.27. The number of anilines is 1. The van der Waals surface area contributed by atoms with Crippen LogP contribution in [0.25, 0.3) is 0 Å². The van der Waals surface area contributed by atoms with Gasteiger partial charge in [0.1, 0.15) is 5.69 Å². The van der Waals surface area contributed by atoms with E-state index in [0.29, 0.717) is 13.0 Å². The molecule has 0 aliphatic carbocycles. The molecule has 0 heterocycles. The number of aliphatic hydroxyl groups excluding tert-OH is 1. The summed E-state index contributed by atoms with van der Waals surface area (Å²) in [5.41, 5.74) is -0.772. The fourth-order valence-corrected chi connectivity index (χ4v) is 2.46. The zero-order chi connectivity index (χ0) is 16.8. The average molecular weight is 335 g/mol. The molecule has 0 bridgehead atoms. The van der Waals surface area contributed by atoms with Crippen molar-refractivity contribution in [2.45, 2.75) is 33.1 Å². The number of aliphatic hydroxyl groups is 1. The summed E-state index contributed by atoms with van der Waals surface area (Å²) in [4.78, 5) is 11.8. The zero-order valence-electron chi connectivity index (χ0n) is 12.7. The average Bonchev–Trinajstić information content (AvgIpc) is 2.47. The predicted molar refractivity (Wildman–Crippen MR) is 83.1 cm³/mol. The van der Waals surface area contributed by atoms with Crippen molar-refractivity contribution in [3.63, 3.8) is 0 Å². The van der Waals surface area contributed by atoms with E-state index in [1.165, 1.54) is 0 Å². The van der Waals surface area contributed by atoms with Crippen molar-refractivity contribution in [3.8, 4) is 0 Å². The molecular formula is C15H21ClF2N2O2. The normalized spacial score (nSPS) is 11.4. The third-order valence-corrected chi connectivity index (χ3v) is 4.23. The monoisotopic (exact) mass is 334 g/mol. The molecule has 4 nitrogen and oxygen atoms in total. The topological polar surface area (TPSA) is 61.4 Å². The molecule has 22 heavy (non-hydrogen) atoms. The van der Waals surface area contributed by atoms with Gasteiger partial charge in [-0.05, 0) is 36.8 Å². The third-order valence-electron chi connectivity index (χ3n) is 4.01. The van der Waals surface area contributed by atoms with E-state index >= 15 is 0 Å². The molecule has 0 saturated heterocycles. The summed E-state index contributed by atoms with van der Waals surface area (Å²) in [5.74, 6) is -1.87. The minimum atomic E-state index is -0.937. The Balaban J connectivity index is 2.71. The lowest BCUT2D eigenvalue weighted by atomic mass is 9.79. The minimum Gasteiger partial charge on any atom is -0.396 e. The second kappa shape index (κ2) is 8.29. The Morgan fingerprint density at radius 2 is 1.82 bits per heavy atom. The molecule has 124 valence electrons. The van der Waals surface area contributed by atoms with Gasteiger partial charge in [0.2, 0.25) is 0 Å². The second-order valence-corrected chi connectivity index (χ2v) is 5.67. The molecule has 0 spiro atoms. The van der Waals surface area contributed by atoms with Gasteiger partial charge in [0, 0.05) is 18.2 Å². The third kappa shape index (κ3) is 4.81. The smallest absolute Gasteiger partial charge is 0.319 e. The minimum absolute atomic E-state index is 0.0193. The summed E-state index contributed by atoms with van der Waals surface area (Å²) in [6.07, 6.45) is 2.09. The first-order chi connectivity index (χ1) is 10.4. The van der Waals surface area contributed by atoms with Crippen molar-refractivity contribution in [2.75, 3.05) is 18.5 Å². The molecule has 0 aromatic heterocycles. The maximum atomic E-state index is 13.6. The number of hydrogen-bond donors (Lipinski definition) is 3. The largest absolute Gasteiger partial charge is 0.396 e. The number of carbonyl (C=O) groups is 1. The van der Waals surface area contributed by atoms with Crippen molar-refractivity contribution in [1.29, 1.82) is 0 Å². The van der Waals surface area contributed by atoms with Gasteiger partial charge in [-0.15, -0.1) is 0 Å². The standard InChI is InChI=1S/C15H21ClF2N2O2/c1-3-15(4-2,5-6-21)9-19-14(22)20-13-11(17)7-10(16)8-12(13)18/h7-8,21H,3-6,9H2,1-2H3,(H2,19,20,22). The van der Waals surface area contributed by atoms with E-state index in [-0.39, 0.29) is 17.0 Å². The van der Waals surface area contributed by atoms with Crippen LogP contribution in [-0.2, 0) is 0 Å². The number of hydrogen-bond acceptors (Lipinski definition) is 2. The number of amides is 2. The second-order valence-electron chi connectivity index (χ2n) is 5.23. The first kappa shape index (κ1) is 18.6. The number of halogens is 3. The summed E-state index contributed by atoms with van der Waals surface area (Å²) in [6, 6.07) is 1.15. The lowest BCUT2D eigenvalue weighted by Crippen LogP contribution is -2.40. The van der Waals surface area contributed by atoms with Crippen LogP contribution in [0.3, 0.4) is 0 Å². The van der Waals surface area contributed by atoms with Gasteiger partial charge in [-0.25, -0.2) is 13.6 Å². The van der Waals surface area contributed by atoms with Crippen LogP contribution in [0.1, 0.15) is 33.1 Å². The molecule has 0 fully saturated rings. The first-order valence-electron chi connectivity index (χ1n) is 7.17. The Labute approximate surface area is 133 Å². The van der Waals surface area contributed by atoms with Crippen LogP contribution in [0, 0.1) is 17.0 Å². The van der Waals surface area contributed by atoms with Crippen molar-refractivity contribution in [3.05, 3.63) is 28.8 Å². The van der Waals surface area contributed by atoms with Crippen molar-refractivity contribution in [1.82, 2.24) is 5.32 Å². The SMILES string of the molecule is CCC(CC)(CCO)CNC(=O)Nc1c(F)cc(Cl)cc1F. The van der Waals surface area contributed by atoms with E-state index in [2.05, 4.69) is 10.6 Å². The summed E-state index contributed by atoms with van der Waals surface area (Å²) in [7, 11) is 0. The van der Waals surface area contributed by atoms with Crippen molar-refractivity contribution >= 4 is 23.3 Å². The Morgan fingerprint density at radius 1 is 1.27 bits per heavy atom. The van der Waals surface area contributed by atoms with Crippen LogP contribution < -0.4 is 10.6 Å². The maximum Gasteiger partial charge on any atom is 0.319 e. The van der Waals surface area contributed by atoms with E-state index < -0.39 is 23.4 Å². The van der Waals surface area contributed by atoms with Gasteiger partial charge < -0.3 is 15.7 Å². The highest BCUT2D eigenvalue weighted by atomic mass is 35.5. The van der Waals surface area contributed by atoms with E-state index in [9.17, 15) is 13.6 Å². The molecule has 1 aromatic rings. The van der Waals surface area contributed by atoms with E-state index in [1.807, 2.05) is 13.8 Å². The Bertz CT molecular complexity index is 499. The van der Waals surface area contributed by atoms with Crippen LogP contribution in [0.15, 0.2) is 12.1 Å². The van der Waals surface area contributed by atoms with Crippen molar-refractivity contribution in [2.24, 2.45) is 5.41 Å². The Hall–Kier alpha value is -1.40. The first-order valence-corrected chi connectivity index (χ1v) is 7.55. The number of nitrogens with one attached hydrogen (secondary N) is 2. The highest BCUT2D eigenvalue weighted by Gasteiger charge is 2.26. The number of benzene rings is 1. The Kier molecular flexibility index (Phi) is 7.03. The lowest BCUT2D eigenvalue weighted by molar-refractivity contribution is 0.165. The van der Waals surface area contributed by atoms with Gasteiger partial charge in [-0.2, -0.15) is 0 Å². The van der Waals surface area contributed by atoms with Gasteiger partial charge in [0.05, 0.1) is 0 Å². The molecule has 3 N–H and O–H groups in total. The number of carbonyl (C=O) groups excluding carboxylic acids is 1. The zero-order valence-corrected chi connectivity index (χ0v) is 13.4. The summed E-state index contributed by atoms with van der Waals surface area (Å²) < 4.78 is 27.2. The molecule has 0 aliphatic rings. The molecule has 0 unspecified atom stereocenters. The maximum absolute atomic E-state index is 13.6. The molecule has 2 amide bonds. The predicted octanol–water partition coefficient (Wildman–Crippen LogP) is 3.93. The fourth-order valence-electron chi connectivity index (χ4n) is 2.27. The van der Waals surface area contributed by atoms with Crippen LogP contribution in [0.4, 0.5) is 19.3 Å². The van der Waals surface area contributed by atoms with E-state index in [1.54, 1.807) is 0 Å². The molecule has 0 saturated carbocycles. The molecule has 0 atom stereocenters. The van der Waals surface area contributed by atoms with Gasteiger partial charge in [0.25, 0.3) is 0 Å². The number of rotatable bonds is 7. The highest BCUT2D eigenvalue weighted by Crippen LogP contribution is 2.29. The molecule has 1 rings (SSSR count). The quantitative estimate of drug-likeness (QED) is 0.707. The van der Waals surface area contributed by atoms with Gasteiger partial charge >= 0.3 is 6.03 Å². The van der Waals surface area contributed by atoms with Crippen LogP contribution in [0.2, 0.25) is 5.02 Å². The molecule has 1 aromatic carbocycles. The molecular weight excluding hydrogens is 314 g/mol. The molecule has 0 aliphatic heterocycles. The Morgan fingerprint density at radius 3 is 2.27 bits per heavy atom. The molecule has 0 radical (unpaired) electrons. The number of urea groups is 1. The molecule has 7 heteroatoms. The van der Waals surface area contributed by atoms with Crippen LogP contribution in [0.5, 0.6) is 0 Å². The van der Waals surface area contributed by atoms with Gasteiger partial charge in [-0.1, -0.05) is 25.4 Å². The van der Waals surface area contributed by atoms with Gasteiger partial charge in [0.15, 0.2) is 11.6 Å². The highest BCUT2D eigenvalue weighted by molar-refractivity contribution is 6.30. The van der Waals surface area contributed by atoms with E-state index in [0.717, 1.165) is 25.0 Å². The summed E-state index contributed by atoms with van der Waals surface area (Å²) in [5, 5.41) is 13.8. The lowest BCUT2D eigenvalue weighted by Gasteiger charge is -2.31. The van der Waals surface area contributed by atoms with Crippen LogP contribution >= 0.6 is 11.6 Å². The van der Waals surface area contributed by atoms with Gasteiger partial charge in [-0.3, -0.25) is 0 Å².